The lowest BCUT2D eigenvalue weighted by Gasteiger charge is -2.33. The third-order valence-corrected chi connectivity index (χ3v) is 3.82. The van der Waals surface area contributed by atoms with Crippen molar-refractivity contribution in [1.82, 2.24) is 4.98 Å². The molecule has 0 unspecified atom stereocenters. The van der Waals surface area contributed by atoms with Crippen molar-refractivity contribution in [2.45, 2.75) is 18.4 Å². The predicted octanol–water partition coefficient (Wildman–Crippen LogP) is 4.33. The molecule has 5 nitrogen and oxygen atoms in total. The Hall–Kier alpha value is -2.45. The molecule has 0 saturated heterocycles. The first-order valence-corrected chi connectivity index (χ1v) is 7.46. The minimum absolute atomic E-state index is 0.0679. The van der Waals surface area contributed by atoms with Crippen molar-refractivity contribution in [2.24, 2.45) is 4.99 Å². The second kappa shape index (κ2) is 6.45. The first-order chi connectivity index (χ1) is 11.8. The van der Waals surface area contributed by atoms with Crippen LogP contribution in [0.4, 0.5) is 23.7 Å². The molecule has 9 heteroatoms. The number of fused-ring (bicyclic) bond motifs is 1. The van der Waals surface area contributed by atoms with Gasteiger partial charge in [0.2, 0.25) is 5.60 Å². The van der Waals surface area contributed by atoms with Gasteiger partial charge in [0.05, 0.1) is 18.5 Å². The molecule has 0 saturated carbocycles. The van der Waals surface area contributed by atoms with Gasteiger partial charge in [-0.3, -0.25) is 4.98 Å². The van der Waals surface area contributed by atoms with Crippen LogP contribution in [-0.4, -0.2) is 23.4 Å². The third kappa shape index (κ3) is 3.35. The number of urea groups is 1. The number of anilines is 1. The molecular formula is C16H11ClF3N3O2. The number of aliphatic imine (C=N–C) groups is 1. The van der Waals surface area contributed by atoms with Crippen LogP contribution in [-0.2, 0) is 16.9 Å². The van der Waals surface area contributed by atoms with Gasteiger partial charge < -0.3 is 10.1 Å². The molecule has 0 aliphatic carbocycles. The van der Waals surface area contributed by atoms with Crippen LogP contribution in [0.15, 0.2) is 47.6 Å². The molecule has 2 aromatic rings. The molecular weight excluding hydrogens is 359 g/mol. The number of hydrogen-bond donors (Lipinski definition) is 1. The maximum atomic E-state index is 14.0. The van der Waals surface area contributed by atoms with Crippen LogP contribution in [0.3, 0.4) is 0 Å². The van der Waals surface area contributed by atoms with E-state index in [2.05, 4.69) is 15.3 Å². The smallest absolute Gasteiger partial charge is 0.349 e. The number of carbonyl (C=O) groups excluding carboxylic acids is 1. The van der Waals surface area contributed by atoms with E-state index in [0.717, 1.165) is 6.07 Å². The lowest BCUT2D eigenvalue weighted by atomic mass is 9.92. The molecule has 2 amide bonds. The molecule has 1 atom stereocenters. The predicted molar refractivity (Wildman–Crippen MR) is 85.7 cm³/mol. The summed E-state index contributed by atoms with van der Waals surface area (Å²) in [5.74, 6) is 0. The molecule has 1 N–H and O–H groups in total. The fraction of sp³-hybridized carbons (Fsp3) is 0.188. The Balaban J connectivity index is 2.12. The lowest BCUT2D eigenvalue weighted by molar-refractivity contribution is -0.255. The summed E-state index contributed by atoms with van der Waals surface area (Å²) in [5.41, 5.74) is -3.07. The van der Waals surface area contributed by atoms with Gasteiger partial charge in [-0.15, -0.1) is 0 Å². The van der Waals surface area contributed by atoms with Crippen molar-refractivity contribution < 1.29 is 22.7 Å². The van der Waals surface area contributed by atoms with Crippen LogP contribution in [0.5, 0.6) is 0 Å². The topological polar surface area (TPSA) is 63.6 Å². The van der Waals surface area contributed by atoms with E-state index in [0.29, 0.717) is 11.9 Å². The quantitative estimate of drug-likeness (QED) is 0.876. The minimum Gasteiger partial charge on any atom is -0.349 e. The standard InChI is InChI=1S/C16H11ClF3N3O2/c17-10-4-5-13-12(7-10)15(16(18,19)20,9-22-14(24)23-13)25-8-11-3-1-2-6-21-11/h1-7,9H,8H2,(H,23,24)/t15-/m1/s1. The summed E-state index contributed by atoms with van der Waals surface area (Å²) in [6.07, 6.45) is -3.00. The number of aromatic nitrogens is 1. The van der Waals surface area contributed by atoms with Gasteiger partial charge in [-0.1, -0.05) is 17.7 Å². The monoisotopic (exact) mass is 369 g/mol. The Morgan fingerprint density at radius 2 is 2.04 bits per heavy atom. The van der Waals surface area contributed by atoms with Crippen LogP contribution in [0.1, 0.15) is 11.3 Å². The first kappa shape index (κ1) is 17.4. The molecule has 3 rings (SSSR count). The van der Waals surface area contributed by atoms with Crippen LogP contribution in [0.25, 0.3) is 0 Å². The molecule has 1 aliphatic heterocycles. The number of hydrogen-bond acceptors (Lipinski definition) is 3. The number of ether oxygens (including phenoxy) is 1. The summed E-state index contributed by atoms with van der Waals surface area (Å²) in [6, 6.07) is 7.59. The maximum absolute atomic E-state index is 14.0. The van der Waals surface area contributed by atoms with E-state index in [-0.39, 0.29) is 16.3 Å². The fourth-order valence-corrected chi connectivity index (χ4v) is 2.57. The second-order valence-corrected chi connectivity index (χ2v) is 5.66. The zero-order chi connectivity index (χ0) is 18.1. The number of carbonyl (C=O) groups is 1. The van der Waals surface area contributed by atoms with E-state index >= 15 is 0 Å². The molecule has 0 bridgehead atoms. The molecule has 130 valence electrons. The van der Waals surface area contributed by atoms with Crippen LogP contribution < -0.4 is 5.32 Å². The summed E-state index contributed by atoms with van der Waals surface area (Å²) in [7, 11) is 0. The van der Waals surface area contributed by atoms with Gasteiger partial charge in [0.1, 0.15) is 0 Å². The van der Waals surface area contributed by atoms with Crippen LogP contribution in [0, 0.1) is 0 Å². The van der Waals surface area contributed by atoms with E-state index in [9.17, 15) is 18.0 Å². The Bertz CT molecular complexity index is 827. The average molecular weight is 370 g/mol. The summed E-state index contributed by atoms with van der Waals surface area (Å²) < 4.78 is 47.2. The minimum atomic E-state index is -4.89. The van der Waals surface area contributed by atoms with Gasteiger partial charge >= 0.3 is 12.2 Å². The maximum Gasteiger partial charge on any atom is 0.427 e. The van der Waals surface area contributed by atoms with Gasteiger partial charge in [-0.05, 0) is 30.3 Å². The summed E-state index contributed by atoms with van der Waals surface area (Å²) in [4.78, 5) is 18.9. The first-order valence-electron chi connectivity index (χ1n) is 7.09. The number of amides is 2. The molecule has 2 heterocycles. The van der Waals surface area contributed by atoms with Crippen LogP contribution in [0.2, 0.25) is 5.02 Å². The number of alkyl halides is 3. The van der Waals surface area contributed by atoms with Crippen molar-refractivity contribution in [3.63, 3.8) is 0 Å². The van der Waals surface area contributed by atoms with Gasteiger partial charge in [-0.25, -0.2) is 9.79 Å². The second-order valence-electron chi connectivity index (χ2n) is 5.22. The molecule has 0 radical (unpaired) electrons. The van der Waals surface area contributed by atoms with E-state index in [1.807, 2.05) is 0 Å². The van der Waals surface area contributed by atoms with Gasteiger partial charge in [0, 0.05) is 22.5 Å². The average Bonchev–Trinajstić information content (AvgIpc) is 2.70. The van der Waals surface area contributed by atoms with Crippen LogP contribution >= 0.6 is 11.6 Å². The van der Waals surface area contributed by atoms with E-state index in [4.69, 9.17) is 16.3 Å². The lowest BCUT2D eigenvalue weighted by Crippen LogP contribution is -2.46. The van der Waals surface area contributed by atoms with Gasteiger partial charge in [0.15, 0.2) is 0 Å². The largest absolute Gasteiger partial charge is 0.427 e. The molecule has 25 heavy (non-hydrogen) atoms. The SMILES string of the molecule is O=C1N=C[C@](OCc2ccccn2)(C(F)(F)F)c2cc(Cl)ccc2N1. The Morgan fingerprint density at radius 3 is 2.72 bits per heavy atom. The van der Waals surface area contributed by atoms with Crippen molar-refractivity contribution in [1.29, 1.82) is 0 Å². The number of pyridine rings is 1. The van der Waals surface area contributed by atoms with Crippen molar-refractivity contribution in [3.05, 3.63) is 58.9 Å². The fourth-order valence-electron chi connectivity index (χ4n) is 2.39. The number of nitrogens with one attached hydrogen (secondary N) is 1. The highest BCUT2D eigenvalue weighted by Gasteiger charge is 2.58. The number of halogens is 4. The highest BCUT2D eigenvalue weighted by atomic mass is 35.5. The normalized spacial score (nSPS) is 19.9. The molecule has 0 spiro atoms. The molecule has 0 fully saturated rings. The van der Waals surface area contributed by atoms with Gasteiger partial charge in [0.25, 0.3) is 0 Å². The van der Waals surface area contributed by atoms with Crippen molar-refractivity contribution in [3.8, 4) is 0 Å². The number of nitrogens with zero attached hydrogens (tertiary/aromatic N) is 2. The summed E-state index contributed by atoms with van der Waals surface area (Å²) in [6.45, 7) is -0.438. The summed E-state index contributed by atoms with van der Waals surface area (Å²) >= 11 is 5.87. The Labute approximate surface area is 145 Å². The van der Waals surface area contributed by atoms with Crippen molar-refractivity contribution in [2.75, 3.05) is 5.32 Å². The van der Waals surface area contributed by atoms with Gasteiger partial charge in [-0.2, -0.15) is 13.2 Å². The molecule has 1 aromatic heterocycles. The summed E-state index contributed by atoms with van der Waals surface area (Å²) in [5, 5.41) is 2.35. The van der Waals surface area contributed by atoms with E-state index in [1.54, 1.807) is 12.1 Å². The molecule has 1 aliphatic rings. The Morgan fingerprint density at radius 1 is 1.24 bits per heavy atom. The molecule has 1 aromatic carbocycles. The van der Waals surface area contributed by atoms with E-state index < -0.39 is 24.4 Å². The number of benzene rings is 1. The zero-order valence-corrected chi connectivity index (χ0v) is 13.3. The van der Waals surface area contributed by atoms with E-state index in [1.165, 1.54) is 24.4 Å². The highest BCUT2D eigenvalue weighted by Crippen LogP contribution is 2.46. The zero-order valence-electron chi connectivity index (χ0n) is 12.5. The third-order valence-electron chi connectivity index (χ3n) is 3.58. The highest BCUT2D eigenvalue weighted by molar-refractivity contribution is 6.30. The van der Waals surface area contributed by atoms with Crippen molar-refractivity contribution >= 4 is 29.5 Å². The number of rotatable bonds is 3. The Kier molecular flexibility index (Phi) is 4.49.